The minimum absolute atomic E-state index is 0.0618. The Morgan fingerprint density at radius 3 is 2.19 bits per heavy atom. The molecule has 1 aliphatic carbocycles. The highest BCUT2D eigenvalue weighted by Gasteiger charge is 2.34. The van der Waals surface area contributed by atoms with Gasteiger partial charge in [0, 0.05) is 19.0 Å². The lowest BCUT2D eigenvalue weighted by molar-refractivity contribution is -0.140. The number of nitrogens with zero attached hydrogens (tertiary/aromatic N) is 2. The van der Waals surface area contributed by atoms with Crippen LogP contribution in [-0.2, 0) is 32.6 Å². The molecule has 42 heavy (non-hydrogen) atoms. The van der Waals surface area contributed by atoms with Crippen molar-refractivity contribution in [1.82, 2.24) is 10.2 Å². The minimum Gasteiger partial charge on any atom is -0.497 e. The summed E-state index contributed by atoms with van der Waals surface area (Å²) in [5.41, 5.74) is 3.13. The number of ether oxygens (including phenoxy) is 1. The number of benzene rings is 3. The highest BCUT2D eigenvalue weighted by molar-refractivity contribution is 7.92. The predicted molar refractivity (Wildman–Crippen MR) is 166 cm³/mol. The molecule has 0 heterocycles. The maximum atomic E-state index is 14.3. The molecule has 1 aliphatic rings. The van der Waals surface area contributed by atoms with Crippen molar-refractivity contribution in [3.05, 3.63) is 95.6 Å². The molecule has 8 nitrogen and oxygen atoms in total. The molecule has 9 heteroatoms. The van der Waals surface area contributed by atoms with Gasteiger partial charge in [-0.1, -0.05) is 73.9 Å². The van der Waals surface area contributed by atoms with Crippen molar-refractivity contribution in [3.8, 4) is 5.75 Å². The fourth-order valence-corrected chi connectivity index (χ4v) is 6.28. The average Bonchev–Trinajstić information content (AvgIpc) is 2.99. The van der Waals surface area contributed by atoms with Gasteiger partial charge in [-0.15, -0.1) is 0 Å². The first-order chi connectivity index (χ1) is 20.2. The van der Waals surface area contributed by atoms with E-state index in [9.17, 15) is 18.0 Å². The second-order valence-corrected chi connectivity index (χ2v) is 12.9. The summed E-state index contributed by atoms with van der Waals surface area (Å²) >= 11 is 0. The number of amides is 2. The van der Waals surface area contributed by atoms with Gasteiger partial charge in [-0.05, 0) is 60.7 Å². The van der Waals surface area contributed by atoms with E-state index in [1.54, 1.807) is 29.2 Å². The van der Waals surface area contributed by atoms with Crippen molar-refractivity contribution in [2.75, 3.05) is 24.2 Å². The summed E-state index contributed by atoms with van der Waals surface area (Å²) in [7, 11) is -2.30. The van der Waals surface area contributed by atoms with E-state index in [0.29, 0.717) is 17.9 Å². The molecule has 0 unspecified atom stereocenters. The Kier molecular flexibility index (Phi) is 10.6. The van der Waals surface area contributed by atoms with Crippen LogP contribution < -0.4 is 14.4 Å². The molecule has 224 valence electrons. The van der Waals surface area contributed by atoms with Gasteiger partial charge in [0.05, 0.1) is 19.1 Å². The van der Waals surface area contributed by atoms with Crippen LogP contribution in [0.15, 0.2) is 78.9 Å². The van der Waals surface area contributed by atoms with Crippen molar-refractivity contribution >= 4 is 27.5 Å². The topological polar surface area (TPSA) is 96.0 Å². The monoisotopic (exact) mass is 591 g/mol. The van der Waals surface area contributed by atoms with E-state index in [4.69, 9.17) is 4.74 Å². The fourth-order valence-electron chi connectivity index (χ4n) is 5.43. The van der Waals surface area contributed by atoms with E-state index in [1.165, 1.54) is 7.11 Å². The van der Waals surface area contributed by atoms with Crippen molar-refractivity contribution in [2.45, 2.75) is 64.1 Å². The van der Waals surface area contributed by atoms with E-state index in [-0.39, 0.29) is 18.5 Å². The van der Waals surface area contributed by atoms with Crippen LogP contribution in [-0.4, -0.2) is 57.1 Å². The Morgan fingerprint density at radius 1 is 0.929 bits per heavy atom. The van der Waals surface area contributed by atoms with Crippen LogP contribution in [0.25, 0.3) is 0 Å². The lowest BCUT2D eigenvalue weighted by Crippen LogP contribution is -2.55. The molecular formula is C33H41N3O5S. The normalized spacial score (nSPS) is 14.5. The molecule has 0 aromatic heterocycles. The van der Waals surface area contributed by atoms with E-state index < -0.39 is 28.5 Å². The first kappa shape index (κ1) is 31.1. The Morgan fingerprint density at radius 2 is 1.57 bits per heavy atom. The minimum atomic E-state index is -3.83. The van der Waals surface area contributed by atoms with Crippen molar-refractivity contribution < 1.29 is 22.7 Å². The third-order valence-electron chi connectivity index (χ3n) is 7.86. The van der Waals surface area contributed by atoms with Crippen LogP contribution in [0.2, 0.25) is 0 Å². The zero-order valence-electron chi connectivity index (χ0n) is 24.7. The van der Waals surface area contributed by atoms with Crippen molar-refractivity contribution in [2.24, 2.45) is 0 Å². The zero-order chi connectivity index (χ0) is 30.1. The highest BCUT2D eigenvalue weighted by Crippen LogP contribution is 2.24. The van der Waals surface area contributed by atoms with E-state index in [2.05, 4.69) is 5.32 Å². The van der Waals surface area contributed by atoms with Crippen LogP contribution in [0.1, 0.15) is 48.8 Å². The van der Waals surface area contributed by atoms with Gasteiger partial charge in [0.25, 0.3) is 0 Å². The first-order valence-electron chi connectivity index (χ1n) is 14.5. The molecule has 3 aromatic rings. The number of carbonyl (C=O) groups excluding carboxylic acids is 2. The SMILES string of the molecule is COc1ccc(N(CC(=O)N(Cc2ccccc2C)[C@@H](Cc2ccccc2)C(=O)NC2CCCCC2)S(C)(=O)=O)cc1. The van der Waals surface area contributed by atoms with Gasteiger partial charge in [0.1, 0.15) is 18.3 Å². The number of hydrogen-bond donors (Lipinski definition) is 1. The Bertz CT molecular complexity index is 1440. The number of aryl methyl sites for hydroxylation is 1. The van der Waals surface area contributed by atoms with Crippen molar-refractivity contribution in [3.63, 3.8) is 0 Å². The molecular weight excluding hydrogens is 550 g/mol. The van der Waals surface area contributed by atoms with Crippen molar-refractivity contribution in [1.29, 1.82) is 0 Å². The maximum absolute atomic E-state index is 14.3. The molecule has 0 bridgehead atoms. The van der Waals surface area contributed by atoms with Gasteiger partial charge in [-0.3, -0.25) is 13.9 Å². The van der Waals surface area contributed by atoms with Crippen LogP contribution in [0, 0.1) is 6.92 Å². The second kappa shape index (κ2) is 14.4. The molecule has 4 rings (SSSR count). The van der Waals surface area contributed by atoms with E-state index >= 15 is 0 Å². The van der Waals surface area contributed by atoms with Gasteiger partial charge < -0.3 is 15.0 Å². The number of carbonyl (C=O) groups is 2. The molecule has 1 saturated carbocycles. The van der Waals surface area contributed by atoms with Crippen LogP contribution in [0.5, 0.6) is 5.75 Å². The average molecular weight is 592 g/mol. The third kappa shape index (κ3) is 8.35. The Labute approximate surface area is 249 Å². The lowest BCUT2D eigenvalue weighted by Gasteiger charge is -2.35. The maximum Gasteiger partial charge on any atom is 0.244 e. The molecule has 0 radical (unpaired) electrons. The smallest absolute Gasteiger partial charge is 0.244 e. The summed E-state index contributed by atoms with van der Waals surface area (Å²) in [6.07, 6.45) is 6.48. The summed E-state index contributed by atoms with van der Waals surface area (Å²) in [6.45, 7) is 1.69. The summed E-state index contributed by atoms with van der Waals surface area (Å²) in [5.74, 6) is -0.107. The standard InChI is InChI=1S/C33H41N3O5S/c1-25-12-10-11-15-27(25)23-35(32(37)24-36(42(3,39)40)29-18-20-30(41-2)21-19-29)31(22-26-13-6-4-7-14-26)33(38)34-28-16-8-5-9-17-28/h4,6-7,10-15,18-21,28,31H,5,8-9,16-17,22-24H2,1-3H3,(H,34,38)/t31-/m0/s1. The molecule has 0 saturated heterocycles. The number of methoxy groups -OCH3 is 1. The molecule has 1 atom stereocenters. The van der Waals surface area contributed by atoms with Crippen LogP contribution in [0.3, 0.4) is 0 Å². The number of hydrogen-bond acceptors (Lipinski definition) is 5. The summed E-state index contributed by atoms with van der Waals surface area (Å²) in [5, 5.41) is 3.22. The molecule has 3 aromatic carbocycles. The number of nitrogens with one attached hydrogen (secondary N) is 1. The summed E-state index contributed by atoms with van der Waals surface area (Å²) < 4.78 is 32.2. The first-order valence-corrected chi connectivity index (χ1v) is 16.3. The summed E-state index contributed by atoms with van der Waals surface area (Å²) in [4.78, 5) is 29.8. The van der Waals surface area contributed by atoms with Gasteiger partial charge in [-0.25, -0.2) is 8.42 Å². The molecule has 1 fully saturated rings. The zero-order valence-corrected chi connectivity index (χ0v) is 25.5. The molecule has 1 N–H and O–H groups in total. The van der Waals surface area contributed by atoms with Crippen LogP contribution in [0.4, 0.5) is 5.69 Å². The lowest BCUT2D eigenvalue weighted by atomic mass is 9.94. The second-order valence-electron chi connectivity index (χ2n) is 11.0. The third-order valence-corrected chi connectivity index (χ3v) is 9.00. The number of sulfonamides is 1. The quantitative estimate of drug-likeness (QED) is 0.325. The van der Waals surface area contributed by atoms with E-state index in [1.807, 2.05) is 61.5 Å². The molecule has 0 aliphatic heterocycles. The Balaban J connectivity index is 1.72. The van der Waals surface area contributed by atoms with Gasteiger partial charge >= 0.3 is 0 Å². The molecule has 0 spiro atoms. The fraction of sp³-hybridized carbons (Fsp3) is 0.394. The largest absolute Gasteiger partial charge is 0.497 e. The number of rotatable bonds is 12. The van der Waals surface area contributed by atoms with Crippen LogP contribution >= 0.6 is 0 Å². The molecule has 2 amide bonds. The van der Waals surface area contributed by atoms with Gasteiger partial charge in [0.15, 0.2) is 0 Å². The highest BCUT2D eigenvalue weighted by atomic mass is 32.2. The van der Waals surface area contributed by atoms with Gasteiger partial charge in [0.2, 0.25) is 21.8 Å². The predicted octanol–water partition coefficient (Wildman–Crippen LogP) is 4.86. The Hall–Kier alpha value is -3.85. The van der Waals surface area contributed by atoms with Gasteiger partial charge in [-0.2, -0.15) is 0 Å². The number of anilines is 1. The van der Waals surface area contributed by atoms with E-state index in [0.717, 1.165) is 59.4 Å². The summed E-state index contributed by atoms with van der Waals surface area (Å²) in [6, 6.07) is 23.1.